The van der Waals surface area contributed by atoms with Gasteiger partial charge in [0.2, 0.25) is 0 Å². The molecule has 2 aliphatic heterocycles. The van der Waals surface area contributed by atoms with Crippen molar-refractivity contribution in [2.75, 3.05) is 43.6 Å². The second kappa shape index (κ2) is 7.20. The lowest BCUT2D eigenvalue weighted by Gasteiger charge is -2.46. The third-order valence-electron chi connectivity index (χ3n) is 7.36. The minimum absolute atomic E-state index is 0.272. The number of hydrogen-bond acceptors (Lipinski definition) is 7. The van der Waals surface area contributed by atoms with E-state index in [-0.39, 0.29) is 6.04 Å². The molecule has 164 valence electrons. The molecule has 3 aromatic heterocycles. The first-order valence-electron chi connectivity index (χ1n) is 11.2. The second-order valence-corrected chi connectivity index (χ2v) is 9.39. The molecule has 6 rings (SSSR count). The zero-order chi connectivity index (χ0) is 21.0. The van der Waals surface area contributed by atoms with Crippen LogP contribution >= 0.6 is 0 Å². The van der Waals surface area contributed by atoms with Gasteiger partial charge in [-0.3, -0.25) is 5.10 Å². The summed E-state index contributed by atoms with van der Waals surface area (Å²) in [5.41, 5.74) is 8.96. The minimum atomic E-state index is 0.272. The van der Waals surface area contributed by atoms with Gasteiger partial charge in [-0.05, 0) is 50.2 Å². The van der Waals surface area contributed by atoms with E-state index in [1.807, 2.05) is 6.07 Å². The maximum atomic E-state index is 6.48. The van der Waals surface area contributed by atoms with Gasteiger partial charge in [0.15, 0.2) is 17.3 Å². The quantitative estimate of drug-likeness (QED) is 0.667. The van der Waals surface area contributed by atoms with Crippen molar-refractivity contribution in [1.82, 2.24) is 25.0 Å². The standard InChI is InChI=1S/C22H29N7O2/c1-14-11-30-9-8-28(14)18-10-16(15-2-5-22(6-3-15)12-31-13-22)19-20(23)27-29(21(19)25-18)17-4-7-24-26-17/h4,7,10,14-15H,2-3,5-6,8-9,11-13H2,1H3,(H2,23,27)(H,24,26). The van der Waals surface area contributed by atoms with Gasteiger partial charge in [0.25, 0.3) is 0 Å². The lowest BCUT2D eigenvalue weighted by molar-refractivity contribution is -0.132. The van der Waals surface area contributed by atoms with E-state index >= 15 is 0 Å². The number of rotatable bonds is 3. The smallest absolute Gasteiger partial charge is 0.169 e. The minimum Gasteiger partial charge on any atom is -0.382 e. The normalized spacial score (nSPS) is 24.0. The fraction of sp³-hybridized carbons (Fsp3) is 0.591. The van der Waals surface area contributed by atoms with Crippen molar-refractivity contribution in [3.8, 4) is 5.82 Å². The Morgan fingerprint density at radius 3 is 2.74 bits per heavy atom. The molecule has 9 nitrogen and oxygen atoms in total. The Bertz CT molecular complexity index is 1080. The number of hydrogen-bond donors (Lipinski definition) is 2. The summed E-state index contributed by atoms with van der Waals surface area (Å²) in [5, 5.41) is 12.7. The summed E-state index contributed by atoms with van der Waals surface area (Å²) in [6.07, 6.45) is 6.43. The molecule has 1 unspecified atom stereocenters. The first-order valence-corrected chi connectivity index (χ1v) is 11.2. The highest BCUT2D eigenvalue weighted by Crippen LogP contribution is 2.49. The summed E-state index contributed by atoms with van der Waals surface area (Å²) in [6, 6.07) is 4.42. The number of nitrogens with two attached hydrogens (primary N) is 1. The van der Waals surface area contributed by atoms with E-state index in [1.54, 1.807) is 10.9 Å². The molecule has 1 atom stereocenters. The molecule has 0 radical (unpaired) electrons. The lowest BCUT2D eigenvalue weighted by atomic mass is 9.67. The lowest BCUT2D eigenvalue weighted by Crippen LogP contribution is -2.45. The second-order valence-electron chi connectivity index (χ2n) is 9.39. The zero-order valence-electron chi connectivity index (χ0n) is 17.9. The van der Waals surface area contributed by atoms with E-state index in [9.17, 15) is 0 Å². The van der Waals surface area contributed by atoms with E-state index in [1.165, 1.54) is 18.4 Å². The third-order valence-corrected chi connectivity index (χ3v) is 7.36. The molecular weight excluding hydrogens is 394 g/mol. The van der Waals surface area contributed by atoms with E-state index < -0.39 is 0 Å². The molecule has 5 heterocycles. The van der Waals surface area contributed by atoms with Crippen LogP contribution in [-0.4, -0.2) is 64.0 Å². The van der Waals surface area contributed by atoms with Crippen LogP contribution in [0.25, 0.3) is 16.9 Å². The summed E-state index contributed by atoms with van der Waals surface area (Å²) < 4.78 is 13.0. The van der Waals surface area contributed by atoms with Crippen LogP contribution in [0.15, 0.2) is 18.3 Å². The van der Waals surface area contributed by atoms with Crippen molar-refractivity contribution >= 4 is 22.7 Å². The topological polar surface area (TPSA) is 107 Å². The molecule has 2 saturated heterocycles. The van der Waals surface area contributed by atoms with Crippen LogP contribution in [-0.2, 0) is 9.47 Å². The molecular formula is C22H29N7O2. The summed E-state index contributed by atoms with van der Waals surface area (Å²) in [7, 11) is 0. The number of anilines is 2. The van der Waals surface area contributed by atoms with Crippen LogP contribution < -0.4 is 10.6 Å². The molecule has 0 aromatic carbocycles. The highest BCUT2D eigenvalue weighted by Gasteiger charge is 2.42. The van der Waals surface area contributed by atoms with Crippen molar-refractivity contribution in [2.24, 2.45) is 5.41 Å². The number of ether oxygens (including phenoxy) is 2. The van der Waals surface area contributed by atoms with Crippen LogP contribution in [0.4, 0.5) is 11.6 Å². The van der Waals surface area contributed by atoms with Crippen LogP contribution in [0, 0.1) is 5.41 Å². The summed E-state index contributed by atoms with van der Waals surface area (Å²) in [4.78, 5) is 7.40. The van der Waals surface area contributed by atoms with Crippen molar-refractivity contribution in [2.45, 2.75) is 44.6 Å². The van der Waals surface area contributed by atoms with Crippen molar-refractivity contribution in [3.63, 3.8) is 0 Å². The number of pyridine rings is 1. The van der Waals surface area contributed by atoms with Crippen molar-refractivity contribution in [1.29, 1.82) is 0 Å². The SMILES string of the molecule is CC1COCCN1c1cc(C2CCC3(CC2)COC3)c2c(N)nn(-c3ccn[nH]3)c2n1. The average molecular weight is 424 g/mol. The Morgan fingerprint density at radius 1 is 1.23 bits per heavy atom. The fourth-order valence-corrected chi connectivity index (χ4v) is 5.45. The largest absolute Gasteiger partial charge is 0.382 e. The van der Waals surface area contributed by atoms with Crippen LogP contribution in [0.3, 0.4) is 0 Å². The molecule has 9 heteroatoms. The first kappa shape index (κ1) is 19.1. The highest BCUT2D eigenvalue weighted by atomic mass is 16.5. The number of morpholine rings is 1. The van der Waals surface area contributed by atoms with Crippen LogP contribution in [0.2, 0.25) is 0 Å². The number of nitrogens with one attached hydrogen (secondary N) is 1. The van der Waals surface area contributed by atoms with Crippen molar-refractivity contribution < 1.29 is 9.47 Å². The average Bonchev–Trinajstić information content (AvgIpc) is 3.41. The molecule has 0 amide bonds. The summed E-state index contributed by atoms with van der Waals surface area (Å²) in [5.74, 6) is 2.72. The first-order chi connectivity index (χ1) is 15.1. The summed E-state index contributed by atoms with van der Waals surface area (Å²) in [6.45, 7) is 6.28. The van der Waals surface area contributed by atoms with Gasteiger partial charge >= 0.3 is 0 Å². The van der Waals surface area contributed by atoms with Gasteiger partial charge in [-0.25, -0.2) is 4.98 Å². The molecule has 3 aromatic rings. The van der Waals surface area contributed by atoms with E-state index in [0.717, 1.165) is 55.3 Å². The maximum Gasteiger partial charge on any atom is 0.169 e. The van der Waals surface area contributed by atoms with Gasteiger partial charge in [0, 0.05) is 18.0 Å². The molecule has 3 N–H and O–H groups in total. The Labute approximate surface area is 180 Å². The summed E-state index contributed by atoms with van der Waals surface area (Å²) >= 11 is 0. The number of fused-ring (bicyclic) bond motifs is 1. The molecule has 1 saturated carbocycles. The maximum absolute atomic E-state index is 6.48. The van der Waals surface area contributed by atoms with Gasteiger partial charge in [-0.2, -0.15) is 9.78 Å². The number of aromatic nitrogens is 5. The number of nitrogens with zero attached hydrogens (tertiary/aromatic N) is 5. The predicted molar refractivity (Wildman–Crippen MR) is 118 cm³/mol. The van der Waals surface area contributed by atoms with Crippen LogP contribution in [0.5, 0.6) is 0 Å². The molecule has 3 fully saturated rings. The Hall–Kier alpha value is -2.65. The van der Waals surface area contributed by atoms with Gasteiger partial charge in [0.05, 0.1) is 44.1 Å². The van der Waals surface area contributed by atoms with E-state index in [2.05, 4.69) is 33.2 Å². The molecule has 1 spiro atoms. The van der Waals surface area contributed by atoms with Crippen LogP contribution in [0.1, 0.15) is 44.1 Å². The predicted octanol–water partition coefficient (Wildman–Crippen LogP) is 2.63. The van der Waals surface area contributed by atoms with E-state index in [0.29, 0.717) is 30.4 Å². The Balaban J connectivity index is 1.47. The molecule has 0 bridgehead atoms. The van der Waals surface area contributed by atoms with Gasteiger partial charge in [-0.15, -0.1) is 5.10 Å². The highest BCUT2D eigenvalue weighted by molar-refractivity contribution is 5.92. The fourth-order valence-electron chi connectivity index (χ4n) is 5.45. The molecule has 3 aliphatic rings. The number of nitrogen functional groups attached to an aromatic ring is 1. The third kappa shape index (κ3) is 3.10. The monoisotopic (exact) mass is 423 g/mol. The molecule has 1 aliphatic carbocycles. The van der Waals surface area contributed by atoms with Gasteiger partial charge in [0.1, 0.15) is 5.82 Å². The number of aromatic amines is 1. The number of H-pyrrole nitrogens is 1. The van der Waals surface area contributed by atoms with Gasteiger partial charge in [-0.1, -0.05) is 0 Å². The van der Waals surface area contributed by atoms with Crippen molar-refractivity contribution in [3.05, 3.63) is 23.9 Å². The molecule has 31 heavy (non-hydrogen) atoms. The Kier molecular flexibility index (Phi) is 4.43. The zero-order valence-corrected chi connectivity index (χ0v) is 17.9. The Morgan fingerprint density at radius 2 is 2.06 bits per heavy atom. The van der Waals surface area contributed by atoms with Gasteiger partial charge < -0.3 is 20.1 Å². The van der Waals surface area contributed by atoms with E-state index in [4.69, 9.17) is 20.2 Å².